The lowest BCUT2D eigenvalue weighted by molar-refractivity contribution is -0.139. The van der Waals surface area contributed by atoms with Crippen molar-refractivity contribution >= 4 is 32.7 Å². The molecule has 1 aliphatic carbocycles. The topological polar surface area (TPSA) is 122 Å². The highest BCUT2D eigenvalue weighted by molar-refractivity contribution is 7.89. The second-order valence-electron chi connectivity index (χ2n) is 12.2. The summed E-state index contributed by atoms with van der Waals surface area (Å²) in [4.78, 5) is 17.8. The van der Waals surface area contributed by atoms with Gasteiger partial charge in [0.25, 0.3) is 5.91 Å². The smallest absolute Gasteiger partial charge is 0.253 e. The maximum absolute atomic E-state index is 13.4. The Kier molecular flexibility index (Phi) is 7.31. The van der Waals surface area contributed by atoms with Gasteiger partial charge in [-0.1, -0.05) is 31.4 Å². The highest BCUT2D eigenvalue weighted by Gasteiger charge is 2.48. The molecule has 4 heterocycles. The zero-order valence-electron chi connectivity index (χ0n) is 23.3. The van der Waals surface area contributed by atoms with Crippen molar-refractivity contribution in [2.45, 2.75) is 88.9 Å². The molecule has 2 N–H and O–H groups in total. The summed E-state index contributed by atoms with van der Waals surface area (Å²) < 4.78 is 41.9. The van der Waals surface area contributed by atoms with E-state index in [1.54, 1.807) is 6.07 Å². The van der Waals surface area contributed by atoms with E-state index in [4.69, 9.17) is 14.5 Å². The molecule has 0 radical (unpaired) electrons. The van der Waals surface area contributed by atoms with Crippen molar-refractivity contribution in [1.29, 1.82) is 0 Å². The van der Waals surface area contributed by atoms with Crippen molar-refractivity contribution in [2.24, 2.45) is 10.9 Å². The molecule has 0 bridgehead atoms. The Morgan fingerprint density at radius 1 is 1.15 bits per heavy atom. The number of nitrogens with zero attached hydrogens (tertiary/aromatic N) is 3. The molecule has 1 saturated carbocycles. The molecule has 4 aliphatic rings. The van der Waals surface area contributed by atoms with Gasteiger partial charge in [0.2, 0.25) is 10.0 Å². The number of sulfonamides is 1. The van der Waals surface area contributed by atoms with Crippen LogP contribution in [0.25, 0.3) is 10.9 Å². The highest BCUT2D eigenvalue weighted by atomic mass is 32.2. The van der Waals surface area contributed by atoms with Crippen LogP contribution in [0.5, 0.6) is 0 Å². The van der Waals surface area contributed by atoms with Gasteiger partial charge in [0, 0.05) is 36.1 Å². The minimum atomic E-state index is -3.76. The van der Waals surface area contributed by atoms with E-state index >= 15 is 0 Å². The second kappa shape index (κ2) is 10.5. The fourth-order valence-electron chi connectivity index (χ4n) is 6.75. The van der Waals surface area contributed by atoms with Crippen molar-refractivity contribution in [3.63, 3.8) is 0 Å². The minimum absolute atomic E-state index is 0.0908. The molecule has 1 aromatic heterocycles. The summed E-state index contributed by atoms with van der Waals surface area (Å²) in [5.74, 6) is -0.0201. The number of benzene rings is 1. The Balaban J connectivity index is 1.12. The predicted octanol–water partition coefficient (Wildman–Crippen LogP) is 3.10. The molecular weight excluding hydrogens is 532 g/mol. The molecule has 40 heavy (non-hydrogen) atoms. The van der Waals surface area contributed by atoms with E-state index in [9.17, 15) is 18.3 Å². The van der Waals surface area contributed by atoms with Gasteiger partial charge in [0.05, 0.1) is 25.0 Å². The molecule has 218 valence electrons. The fraction of sp³-hybridized carbons (Fsp3) is 0.655. The van der Waals surface area contributed by atoms with Crippen LogP contribution in [0.1, 0.15) is 70.5 Å². The van der Waals surface area contributed by atoms with E-state index in [0.29, 0.717) is 37.5 Å². The normalized spacial score (nSPS) is 26.3. The summed E-state index contributed by atoms with van der Waals surface area (Å²) in [7, 11) is -3.76. The van der Waals surface area contributed by atoms with Crippen molar-refractivity contribution in [1.82, 2.24) is 14.2 Å². The molecule has 1 aromatic carbocycles. The Morgan fingerprint density at radius 3 is 2.60 bits per heavy atom. The molecule has 1 spiro atoms. The van der Waals surface area contributed by atoms with Crippen LogP contribution in [0.4, 0.5) is 0 Å². The zero-order valence-corrected chi connectivity index (χ0v) is 24.2. The van der Waals surface area contributed by atoms with E-state index < -0.39 is 33.2 Å². The molecule has 11 heteroatoms. The molecular formula is C29H40N4O6S. The third-order valence-corrected chi connectivity index (χ3v) is 10.9. The number of amidine groups is 1. The quantitative estimate of drug-likeness (QED) is 0.526. The lowest BCUT2D eigenvalue weighted by Crippen LogP contribution is -2.51. The van der Waals surface area contributed by atoms with Crippen LogP contribution >= 0.6 is 0 Å². The van der Waals surface area contributed by atoms with Crippen LogP contribution in [-0.4, -0.2) is 77.0 Å². The average molecular weight is 573 g/mol. The monoisotopic (exact) mass is 572 g/mol. The van der Waals surface area contributed by atoms with Crippen LogP contribution in [0, 0.1) is 5.92 Å². The number of carbonyl (C=O) groups excluding carboxylic acids is 1. The van der Waals surface area contributed by atoms with Crippen LogP contribution < -0.4 is 5.32 Å². The van der Waals surface area contributed by atoms with E-state index in [1.807, 2.05) is 42.8 Å². The lowest BCUT2D eigenvalue weighted by Gasteiger charge is -2.35. The molecule has 6 rings (SSSR count). The van der Waals surface area contributed by atoms with Gasteiger partial charge in [0.15, 0.2) is 5.79 Å². The van der Waals surface area contributed by atoms with Crippen molar-refractivity contribution in [3.8, 4) is 0 Å². The first kappa shape index (κ1) is 27.8. The van der Waals surface area contributed by atoms with Crippen LogP contribution in [-0.2, 0) is 30.8 Å². The maximum atomic E-state index is 13.4. The number of aromatic nitrogens is 1. The van der Waals surface area contributed by atoms with E-state index in [2.05, 4.69) is 5.32 Å². The van der Waals surface area contributed by atoms with Crippen LogP contribution in [0.3, 0.4) is 0 Å². The Labute approximate surface area is 235 Å². The fourth-order valence-corrected chi connectivity index (χ4v) is 8.28. The summed E-state index contributed by atoms with van der Waals surface area (Å²) in [6.07, 6.45) is 6.99. The van der Waals surface area contributed by atoms with Gasteiger partial charge in [-0.2, -0.15) is 0 Å². The van der Waals surface area contributed by atoms with Crippen LogP contribution in [0.15, 0.2) is 35.5 Å². The van der Waals surface area contributed by atoms with Gasteiger partial charge in [-0.15, -0.1) is 0 Å². The number of fused-ring (bicyclic) bond motifs is 1. The van der Waals surface area contributed by atoms with E-state index in [1.165, 1.54) is 10.7 Å². The Bertz CT molecular complexity index is 1400. The number of hydrogen-bond donors (Lipinski definition) is 2. The Hall–Kier alpha value is -2.31. The van der Waals surface area contributed by atoms with Crippen molar-refractivity contribution < 1.29 is 27.8 Å². The summed E-state index contributed by atoms with van der Waals surface area (Å²) in [5.41, 5.74) is 0.616. The molecule has 10 nitrogen and oxygen atoms in total. The number of rotatable bonds is 7. The molecule has 3 aliphatic heterocycles. The lowest BCUT2D eigenvalue weighted by atomic mass is 9.88. The Morgan fingerprint density at radius 2 is 1.90 bits per heavy atom. The number of amides is 1. The van der Waals surface area contributed by atoms with Gasteiger partial charge < -0.3 is 24.5 Å². The number of aliphatic imine (C=N–C) groups is 1. The van der Waals surface area contributed by atoms with Gasteiger partial charge in [0.1, 0.15) is 17.5 Å². The van der Waals surface area contributed by atoms with Gasteiger partial charge in [-0.05, 0) is 57.2 Å². The average Bonchev–Trinajstić information content (AvgIpc) is 3.59. The number of carbonyl (C=O) groups is 1. The van der Waals surface area contributed by atoms with Gasteiger partial charge in [-0.25, -0.2) is 12.7 Å². The van der Waals surface area contributed by atoms with Gasteiger partial charge >= 0.3 is 0 Å². The van der Waals surface area contributed by atoms with Gasteiger partial charge in [-0.3, -0.25) is 9.79 Å². The standard InChI is InChI=1S/C29H40N4O6S/c1-28(2)38-18-21(39-28)17-32-14-11-22-23(9-6-10-24(22)32)25(34)19-40(36,37)33-15-12-29(13-16-33)27(35)30-26(31-29)20-7-4-3-5-8-20/h6,9-11,14,20-21,25,34H,3-5,7-8,12-13,15-19H2,1-2H3,(H,30,31,35)/t21-,25?/m0/s1. The number of aliphatic hydroxyl groups is 1. The first-order valence-electron chi connectivity index (χ1n) is 14.5. The van der Waals surface area contributed by atoms with Crippen molar-refractivity contribution in [3.05, 3.63) is 36.0 Å². The van der Waals surface area contributed by atoms with E-state index in [0.717, 1.165) is 42.4 Å². The summed E-state index contributed by atoms with van der Waals surface area (Å²) in [5, 5.41) is 15.0. The SMILES string of the molecule is CC1(C)OC[C@H](Cn2ccc3c(C(O)CS(=O)(=O)N4CCC5(CC4)N=C(C4CCCCC4)NC5=O)cccc32)O1. The summed E-state index contributed by atoms with van der Waals surface area (Å²) in [6, 6.07) is 7.48. The molecule has 2 saturated heterocycles. The van der Waals surface area contributed by atoms with Crippen molar-refractivity contribution in [2.75, 3.05) is 25.4 Å². The molecule has 3 fully saturated rings. The predicted molar refractivity (Wildman–Crippen MR) is 151 cm³/mol. The molecule has 1 unspecified atom stereocenters. The third kappa shape index (κ3) is 5.34. The largest absolute Gasteiger partial charge is 0.387 e. The zero-order chi connectivity index (χ0) is 28.1. The number of aliphatic hydroxyl groups excluding tert-OH is 1. The molecule has 2 aromatic rings. The van der Waals surface area contributed by atoms with Crippen LogP contribution in [0.2, 0.25) is 0 Å². The number of ether oxygens (including phenoxy) is 2. The molecule has 2 atom stereocenters. The maximum Gasteiger partial charge on any atom is 0.253 e. The molecule has 1 amide bonds. The van der Waals surface area contributed by atoms with E-state index in [-0.39, 0.29) is 25.1 Å². The first-order valence-corrected chi connectivity index (χ1v) is 16.1. The first-order chi connectivity index (χ1) is 19.1. The highest BCUT2D eigenvalue weighted by Crippen LogP contribution is 2.36. The number of hydrogen-bond acceptors (Lipinski definition) is 7. The summed E-state index contributed by atoms with van der Waals surface area (Å²) in [6.45, 7) is 5.30. The second-order valence-corrected chi connectivity index (χ2v) is 14.2. The minimum Gasteiger partial charge on any atom is -0.387 e. The number of piperidine rings is 1. The summed E-state index contributed by atoms with van der Waals surface area (Å²) >= 11 is 0. The third-order valence-electron chi connectivity index (χ3n) is 8.98. The number of nitrogens with one attached hydrogen (secondary N) is 1.